The van der Waals surface area contributed by atoms with Crippen LogP contribution in [-0.2, 0) is 48.2 Å². The second-order valence-electron chi connectivity index (χ2n) is 16.3. The molecule has 67 heavy (non-hydrogen) atoms. The van der Waals surface area contributed by atoms with Crippen LogP contribution in [0.25, 0.3) is 20.9 Å². The highest BCUT2D eigenvalue weighted by molar-refractivity contribution is 6.06. The first-order valence-electron chi connectivity index (χ1n) is 22.0. The summed E-state index contributed by atoms with van der Waals surface area (Å²) in [4.78, 5) is 101. The van der Waals surface area contributed by atoms with Crippen molar-refractivity contribution < 1.29 is 47.8 Å². The van der Waals surface area contributed by atoms with E-state index in [1.54, 1.807) is 72.8 Å². The Kier molecular flexibility index (Phi) is 19.7. The van der Waals surface area contributed by atoms with Crippen LogP contribution in [0.5, 0.6) is 17.2 Å². The monoisotopic (exact) mass is 909 g/mol. The predicted octanol–water partition coefficient (Wildman–Crippen LogP) is 8.94. The maximum Gasteiger partial charge on any atom is 0.251 e. The Morgan fingerprint density at radius 2 is 0.985 bits per heavy atom. The number of ketones is 7. The van der Waals surface area contributed by atoms with Gasteiger partial charge >= 0.3 is 0 Å². The molecule has 4 aromatic carbocycles. The number of nitrogens with one attached hydrogen (secondary N) is 1. The van der Waals surface area contributed by atoms with Crippen LogP contribution in [0.4, 0.5) is 0 Å². The lowest BCUT2D eigenvalue weighted by Gasteiger charge is -2.18. The first kappa shape index (κ1) is 50.3. The second kappa shape index (κ2) is 26.3. The van der Waals surface area contributed by atoms with Crippen LogP contribution in [0.3, 0.4) is 0 Å². The number of hydrogen-bond acceptors (Lipinski definition) is 12. The van der Waals surface area contributed by atoms with Crippen LogP contribution in [0.2, 0.25) is 0 Å². The zero-order valence-electron chi connectivity index (χ0n) is 37.0. The number of amides is 1. The summed E-state index contributed by atoms with van der Waals surface area (Å²) in [7, 11) is 0. The summed E-state index contributed by atoms with van der Waals surface area (Å²) in [5, 5.41) is 9.62. The molecule has 4 aromatic rings. The molecule has 17 nitrogen and oxygen atoms in total. The van der Waals surface area contributed by atoms with E-state index in [2.05, 4.69) is 25.4 Å². The third kappa shape index (κ3) is 17.3. The van der Waals surface area contributed by atoms with E-state index in [1.165, 1.54) is 0 Å². The molecule has 0 unspecified atom stereocenters. The van der Waals surface area contributed by atoms with Gasteiger partial charge in [-0.05, 0) is 95.5 Å². The fourth-order valence-corrected chi connectivity index (χ4v) is 7.42. The van der Waals surface area contributed by atoms with E-state index in [4.69, 9.17) is 20.5 Å². The fourth-order valence-electron chi connectivity index (χ4n) is 7.42. The molecule has 6 rings (SSSR count). The maximum absolute atomic E-state index is 12.5. The number of carbonyl (C=O) groups is 8. The first-order chi connectivity index (χ1) is 32.4. The number of carbonyl (C=O) groups excluding carboxylic acids is 8. The highest BCUT2D eigenvalue weighted by atomic mass is 16.5. The number of unbranched alkanes of at least 4 members (excludes halogenated alkanes) is 1. The van der Waals surface area contributed by atoms with Gasteiger partial charge in [-0.2, -0.15) is 0 Å². The number of benzene rings is 4. The smallest absolute Gasteiger partial charge is 0.251 e. The third-order valence-corrected chi connectivity index (χ3v) is 11.0. The van der Waals surface area contributed by atoms with Gasteiger partial charge in [0.1, 0.15) is 58.6 Å². The van der Waals surface area contributed by atoms with Crippen molar-refractivity contribution in [3.63, 3.8) is 0 Å². The molecule has 0 aromatic heterocycles. The van der Waals surface area contributed by atoms with E-state index in [0.717, 1.165) is 16.7 Å². The van der Waals surface area contributed by atoms with Gasteiger partial charge in [-0.15, -0.1) is 0 Å². The summed E-state index contributed by atoms with van der Waals surface area (Å²) in [6, 6.07) is 28.2. The summed E-state index contributed by atoms with van der Waals surface area (Å²) in [5.74, 6) is -0.230. The first-order valence-corrected chi connectivity index (χ1v) is 22.0. The number of hydrogen-bond donors (Lipinski definition) is 1. The van der Waals surface area contributed by atoms with E-state index in [0.29, 0.717) is 80.3 Å². The molecular formula is C50H51N7O10. The maximum atomic E-state index is 12.5. The van der Waals surface area contributed by atoms with Crippen LogP contribution < -0.4 is 14.8 Å². The molecular weight excluding hydrogens is 859 g/mol. The average Bonchev–Trinajstić information content (AvgIpc) is 3.31. The van der Waals surface area contributed by atoms with Crippen molar-refractivity contribution in [2.24, 2.45) is 22.1 Å². The average molecular weight is 910 g/mol. The summed E-state index contributed by atoms with van der Waals surface area (Å²) in [5.41, 5.74) is 20.1. The van der Waals surface area contributed by atoms with Crippen molar-refractivity contribution in [3.05, 3.63) is 146 Å². The zero-order valence-corrected chi connectivity index (χ0v) is 37.0. The number of rotatable bonds is 22. The Bertz CT molecular complexity index is 2480. The van der Waals surface area contributed by atoms with Crippen LogP contribution in [0.1, 0.15) is 102 Å². The molecule has 0 aliphatic heterocycles. The van der Waals surface area contributed by atoms with Crippen LogP contribution in [-0.4, -0.2) is 66.0 Å². The molecule has 1 N–H and O–H groups in total. The van der Waals surface area contributed by atoms with Crippen LogP contribution in [0, 0.1) is 11.8 Å². The molecule has 0 heterocycles. The van der Waals surface area contributed by atoms with Gasteiger partial charge in [0.05, 0.1) is 12.8 Å². The van der Waals surface area contributed by atoms with E-state index in [1.807, 2.05) is 24.3 Å². The van der Waals surface area contributed by atoms with E-state index in [-0.39, 0.29) is 97.8 Å². The molecule has 346 valence electrons. The molecule has 0 bridgehead atoms. The quantitative estimate of drug-likeness (QED) is 0.0195. The van der Waals surface area contributed by atoms with Gasteiger partial charge in [0.25, 0.3) is 5.91 Å². The molecule has 2 aliphatic rings. The Balaban J connectivity index is 0.000000251. The van der Waals surface area contributed by atoms with Crippen molar-refractivity contribution in [2.45, 2.75) is 83.7 Å². The molecule has 2 aliphatic carbocycles. The van der Waals surface area contributed by atoms with E-state index in [9.17, 15) is 38.4 Å². The molecule has 0 spiro atoms. The highest BCUT2D eigenvalue weighted by Gasteiger charge is 2.31. The minimum Gasteiger partial charge on any atom is -0.489 e. The Hall–Kier alpha value is -7.74. The van der Waals surface area contributed by atoms with Gasteiger partial charge in [-0.1, -0.05) is 58.8 Å². The highest BCUT2D eigenvalue weighted by Crippen LogP contribution is 2.26. The molecule has 0 radical (unpaired) electrons. The van der Waals surface area contributed by atoms with Crippen LogP contribution >= 0.6 is 0 Å². The number of ether oxygens (including phenoxy) is 2. The number of azide groups is 2. The Morgan fingerprint density at radius 3 is 1.48 bits per heavy atom. The van der Waals surface area contributed by atoms with Crippen LogP contribution in [0.15, 0.2) is 107 Å². The predicted molar refractivity (Wildman–Crippen MR) is 245 cm³/mol. The molecule has 0 atom stereocenters. The van der Waals surface area contributed by atoms with E-state index >= 15 is 0 Å². The topological polar surface area (TPSA) is 265 Å². The SMILES string of the molecule is [N-]=[N+]=NCCCCC(=O)c1ccc(COc2ccc(CC(=O)C3CC(=O)CC(=O)C3)cc2)cc1.[N-]=[N+]=NCCCNC(=O)c1ccc(Oc2ccc(CC(=O)C3CC(=O)CC(=O)C3)cc2)cc1. The Labute approximate surface area is 386 Å². The van der Waals surface area contributed by atoms with Crippen molar-refractivity contribution >= 4 is 46.4 Å². The fraction of sp³-hybridized carbons (Fsp3) is 0.360. The van der Waals surface area contributed by atoms with E-state index < -0.39 is 11.8 Å². The second-order valence-corrected chi connectivity index (χ2v) is 16.3. The minimum absolute atomic E-state index is 0.0466. The van der Waals surface area contributed by atoms with Crippen molar-refractivity contribution in [2.75, 3.05) is 19.6 Å². The Morgan fingerprint density at radius 1 is 0.552 bits per heavy atom. The largest absolute Gasteiger partial charge is 0.489 e. The van der Waals surface area contributed by atoms with Crippen molar-refractivity contribution in [1.29, 1.82) is 0 Å². The molecule has 2 saturated carbocycles. The molecule has 1 amide bonds. The molecule has 2 fully saturated rings. The lowest BCUT2D eigenvalue weighted by Crippen LogP contribution is -2.29. The number of nitrogens with zero attached hydrogens (tertiary/aromatic N) is 6. The minimum atomic E-state index is -0.517. The van der Waals surface area contributed by atoms with Gasteiger partial charge in [0.2, 0.25) is 0 Å². The molecule has 17 heteroatoms. The summed E-state index contributed by atoms with van der Waals surface area (Å²) < 4.78 is 11.6. The van der Waals surface area contributed by atoms with Gasteiger partial charge < -0.3 is 14.8 Å². The van der Waals surface area contributed by atoms with Gasteiger partial charge in [0, 0.05) is 97.4 Å². The number of Topliss-reactive ketones (excluding diaryl/α,β-unsaturated/α-hetero) is 7. The summed E-state index contributed by atoms with van der Waals surface area (Å²) >= 11 is 0. The lowest BCUT2D eigenvalue weighted by molar-refractivity contribution is -0.137. The van der Waals surface area contributed by atoms with Crippen molar-refractivity contribution in [1.82, 2.24) is 5.32 Å². The zero-order chi connectivity index (χ0) is 48.0. The van der Waals surface area contributed by atoms with Gasteiger partial charge in [-0.25, -0.2) is 0 Å². The summed E-state index contributed by atoms with van der Waals surface area (Å²) in [6.07, 6.45) is 3.22. The van der Waals surface area contributed by atoms with Gasteiger partial charge in [0.15, 0.2) is 5.78 Å². The lowest BCUT2D eigenvalue weighted by atomic mass is 9.83. The van der Waals surface area contributed by atoms with Crippen molar-refractivity contribution in [3.8, 4) is 17.2 Å². The van der Waals surface area contributed by atoms with Gasteiger partial charge in [-0.3, -0.25) is 38.4 Å². The molecule has 0 saturated heterocycles. The normalized spacial score (nSPS) is 13.9. The standard InChI is InChI=1S/C26H27N3O5.C24H24N4O5/c27-29-28-12-2-1-3-25(32)20-8-4-19(5-9-20)17-34-24-10-6-18(7-11-24)13-26(33)21-14-22(30)16-23(31)15-21;25-28-27-11-1-10-26-24(32)17-4-8-22(9-5-17)33-21-6-2-16(3-7-21)12-23(31)18-13-19(29)15-20(30)14-18/h4-11,21H,1-3,12-17H2;2-9,18H,1,10-15H2,(H,26,32). The third-order valence-electron chi connectivity index (χ3n) is 11.0. The summed E-state index contributed by atoms with van der Waals surface area (Å²) in [6.45, 7) is 1.49.